The topological polar surface area (TPSA) is 78.8 Å². The van der Waals surface area contributed by atoms with Crippen molar-refractivity contribution in [3.63, 3.8) is 0 Å². The molecule has 1 saturated carbocycles. The molecule has 1 fully saturated rings. The van der Waals surface area contributed by atoms with Crippen LogP contribution in [0.15, 0.2) is 18.2 Å². The third-order valence-corrected chi connectivity index (χ3v) is 6.15. The van der Waals surface area contributed by atoms with E-state index in [1.807, 2.05) is 0 Å². The van der Waals surface area contributed by atoms with Gasteiger partial charge in [0.05, 0.1) is 12.8 Å². The summed E-state index contributed by atoms with van der Waals surface area (Å²) in [6.07, 6.45) is 7.94. The lowest BCUT2D eigenvalue weighted by atomic mass is 9.77. The van der Waals surface area contributed by atoms with Gasteiger partial charge in [-0.3, -0.25) is 4.57 Å². The second-order valence-corrected chi connectivity index (χ2v) is 8.97. The van der Waals surface area contributed by atoms with Gasteiger partial charge in [0.2, 0.25) is 0 Å². The number of hydrogen-bond acceptors (Lipinski definition) is 3. The van der Waals surface area contributed by atoms with Crippen molar-refractivity contribution in [2.45, 2.75) is 57.8 Å². The molecule has 2 rings (SSSR count). The smallest absolute Gasteiger partial charge is 0.292 e. The Balaban J connectivity index is 1.86. The molecule has 5 nitrogen and oxygen atoms in total. The molecule has 25 heavy (non-hydrogen) atoms. The van der Waals surface area contributed by atoms with Crippen LogP contribution in [0, 0.1) is 11.7 Å². The summed E-state index contributed by atoms with van der Waals surface area (Å²) in [5.41, 5.74) is 0.742. The van der Waals surface area contributed by atoms with E-state index in [0.29, 0.717) is 5.75 Å². The maximum atomic E-state index is 14.4. The minimum Gasteiger partial charge on any atom is -0.493 e. The van der Waals surface area contributed by atoms with Crippen molar-refractivity contribution >= 4 is 7.52 Å². The highest BCUT2D eigenvalue weighted by Crippen LogP contribution is 2.39. The van der Waals surface area contributed by atoms with E-state index in [2.05, 4.69) is 6.92 Å². The van der Waals surface area contributed by atoms with Crippen molar-refractivity contribution in [3.8, 4) is 5.75 Å². The van der Waals surface area contributed by atoms with Crippen molar-refractivity contribution in [2.24, 2.45) is 5.92 Å². The van der Waals surface area contributed by atoms with Crippen LogP contribution in [0.3, 0.4) is 0 Å². The SMILES string of the molecule is CCCCC1CCC(c2ccc(OCCP(=O)(O)NO)cc2F)CC1. The van der Waals surface area contributed by atoms with Gasteiger partial charge in [-0.2, -0.15) is 0 Å². The number of halogens is 1. The molecule has 0 aliphatic heterocycles. The standard InChI is InChI=1S/C18H29FNO4P/c1-2-3-4-14-5-7-15(8-6-14)17-10-9-16(13-18(17)19)24-11-12-25(22,23)20-21/h9-10,13-15,21H,2-8,11-12H2,1H3,(H2,20,22,23). The minimum absolute atomic E-state index is 0.0807. The number of unbranched alkanes of at least 4 members (excludes halogenated alkanes) is 1. The lowest BCUT2D eigenvalue weighted by Gasteiger charge is -2.29. The maximum Gasteiger partial charge on any atom is 0.292 e. The lowest BCUT2D eigenvalue weighted by Crippen LogP contribution is -2.15. The van der Waals surface area contributed by atoms with Crippen molar-refractivity contribution in [3.05, 3.63) is 29.6 Å². The van der Waals surface area contributed by atoms with Gasteiger partial charge in [0.15, 0.2) is 0 Å². The Morgan fingerprint density at radius 2 is 2.04 bits per heavy atom. The number of ether oxygens (including phenoxy) is 1. The first kappa shape index (κ1) is 20.4. The zero-order chi connectivity index (χ0) is 18.3. The molecule has 0 bridgehead atoms. The Bertz CT molecular complexity index is 590. The third-order valence-electron chi connectivity index (χ3n) is 5.04. The molecule has 1 aromatic carbocycles. The summed E-state index contributed by atoms with van der Waals surface area (Å²) >= 11 is 0. The molecule has 7 heteroatoms. The van der Waals surface area contributed by atoms with Crippen LogP contribution in [0.4, 0.5) is 4.39 Å². The highest BCUT2D eigenvalue weighted by atomic mass is 31.2. The predicted molar refractivity (Wildman–Crippen MR) is 95.7 cm³/mol. The monoisotopic (exact) mass is 373 g/mol. The molecule has 142 valence electrons. The zero-order valence-corrected chi connectivity index (χ0v) is 15.7. The second-order valence-electron chi connectivity index (χ2n) is 6.92. The fourth-order valence-electron chi connectivity index (χ4n) is 3.52. The fourth-order valence-corrected chi connectivity index (χ4v) is 3.96. The summed E-state index contributed by atoms with van der Waals surface area (Å²) in [7, 11) is -3.78. The molecule has 0 heterocycles. The van der Waals surface area contributed by atoms with Crippen LogP contribution in [0.25, 0.3) is 0 Å². The highest BCUT2D eigenvalue weighted by Gasteiger charge is 2.24. The number of nitrogens with one attached hydrogen (secondary N) is 1. The molecule has 1 unspecified atom stereocenters. The van der Waals surface area contributed by atoms with Crippen LogP contribution in [0.5, 0.6) is 5.75 Å². The van der Waals surface area contributed by atoms with E-state index in [-0.39, 0.29) is 24.5 Å². The summed E-state index contributed by atoms with van der Waals surface area (Å²) < 4.78 is 31.0. The Kier molecular flexibility index (Phi) is 7.88. The zero-order valence-electron chi connectivity index (χ0n) is 14.8. The molecule has 0 spiro atoms. The van der Waals surface area contributed by atoms with Gasteiger partial charge in [0.25, 0.3) is 7.52 Å². The van der Waals surface area contributed by atoms with Crippen LogP contribution in [0.2, 0.25) is 0 Å². The highest BCUT2D eigenvalue weighted by molar-refractivity contribution is 7.55. The molecule has 1 aromatic rings. The first-order valence-electron chi connectivity index (χ1n) is 9.10. The lowest BCUT2D eigenvalue weighted by molar-refractivity contribution is 0.219. The average Bonchev–Trinajstić information content (AvgIpc) is 2.60. The van der Waals surface area contributed by atoms with Gasteiger partial charge < -0.3 is 14.8 Å². The van der Waals surface area contributed by atoms with Crippen molar-refractivity contribution in [2.75, 3.05) is 12.8 Å². The average molecular weight is 373 g/mol. The Morgan fingerprint density at radius 1 is 1.32 bits per heavy atom. The fraction of sp³-hybridized carbons (Fsp3) is 0.667. The summed E-state index contributed by atoms with van der Waals surface area (Å²) in [5.74, 6) is 1.11. The van der Waals surface area contributed by atoms with Gasteiger partial charge in [-0.25, -0.2) is 4.39 Å². The van der Waals surface area contributed by atoms with Gasteiger partial charge in [0, 0.05) is 6.07 Å². The Labute approximate surface area is 149 Å². The van der Waals surface area contributed by atoms with Crippen molar-refractivity contribution in [1.29, 1.82) is 0 Å². The largest absolute Gasteiger partial charge is 0.493 e. The Hall–Kier alpha value is -0.940. The molecule has 1 aliphatic rings. The van der Waals surface area contributed by atoms with E-state index in [9.17, 15) is 13.8 Å². The summed E-state index contributed by atoms with van der Waals surface area (Å²) in [6, 6.07) is 4.81. The second kappa shape index (κ2) is 9.67. The van der Waals surface area contributed by atoms with Gasteiger partial charge in [-0.15, -0.1) is 5.25 Å². The van der Waals surface area contributed by atoms with Crippen LogP contribution in [0.1, 0.15) is 63.4 Å². The molecule has 0 amide bonds. The normalized spacial score (nSPS) is 23.2. The summed E-state index contributed by atoms with van der Waals surface area (Å²) in [4.78, 5) is 9.19. The van der Waals surface area contributed by atoms with Gasteiger partial charge >= 0.3 is 0 Å². The summed E-state index contributed by atoms with van der Waals surface area (Å²) in [5, 5.41) is 9.87. The molecule has 0 aromatic heterocycles. The third kappa shape index (κ3) is 6.37. The van der Waals surface area contributed by atoms with Crippen molar-refractivity contribution < 1.29 is 23.8 Å². The van der Waals surface area contributed by atoms with E-state index in [0.717, 1.165) is 24.3 Å². The van der Waals surface area contributed by atoms with E-state index >= 15 is 0 Å². The predicted octanol–water partition coefficient (Wildman–Crippen LogP) is 4.83. The van der Waals surface area contributed by atoms with Gasteiger partial charge in [0.1, 0.15) is 11.6 Å². The molecule has 0 radical (unpaired) electrons. The van der Waals surface area contributed by atoms with E-state index in [1.165, 1.54) is 43.4 Å². The molecule has 3 N–H and O–H groups in total. The van der Waals surface area contributed by atoms with Crippen molar-refractivity contribution in [1.82, 2.24) is 5.25 Å². The van der Waals surface area contributed by atoms with E-state index < -0.39 is 7.52 Å². The van der Waals surface area contributed by atoms with Crippen LogP contribution >= 0.6 is 7.52 Å². The number of hydrogen-bond donors (Lipinski definition) is 3. The molecular formula is C18H29FNO4P. The number of benzene rings is 1. The molecular weight excluding hydrogens is 344 g/mol. The minimum atomic E-state index is -3.78. The van der Waals surface area contributed by atoms with Crippen LogP contribution in [-0.4, -0.2) is 22.9 Å². The molecule has 1 atom stereocenters. The van der Waals surface area contributed by atoms with Gasteiger partial charge in [-0.05, 0) is 49.1 Å². The van der Waals surface area contributed by atoms with Crippen LogP contribution < -0.4 is 9.99 Å². The number of rotatable bonds is 9. The quantitative estimate of drug-likeness (QED) is 0.427. The van der Waals surface area contributed by atoms with E-state index in [1.54, 1.807) is 12.1 Å². The summed E-state index contributed by atoms with van der Waals surface area (Å²) in [6.45, 7) is 2.13. The maximum absolute atomic E-state index is 14.4. The van der Waals surface area contributed by atoms with E-state index in [4.69, 9.17) is 9.94 Å². The Morgan fingerprint density at radius 3 is 2.64 bits per heavy atom. The van der Waals surface area contributed by atoms with Crippen LogP contribution in [-0.2, 0) is 4.57 Å². The molecule has 1 aliphatic carbocycles. The first-order chi connectivity index (χ1) is 11.9. The first-order valence-corrected chi connectivity index (χ1v) is 10.9. The van der Waals surface area contributed by atoms with Gasteiger partial charge in [-0.1, -0.05) is 32.3 Å². The molecule has 0 saturated heterocycles.